The van der Waals surface area contributed by atoms with E-state index in [0.717, 1.165) is 26.8 Å². The van der Waals surface area contributed by atoms with E-state index >= 15 is 0 Å². The van der Waals surface area contributed by atoms with Crippen LogP contribution in [0.4, 0.5) is 0 Å². The maximum absolute atomic E-state index is 11.2. The smallest absolute Gasteiger partial charge is 0.460 e. The van der Waals surface area contributed by atoms with Crippen molar-refractivity contribution in [1.82, 2.24) is 0 Å². The van der Waals surface area contributed by atoms with Crippen LogP contribution in [0.25, 0.3) is 0 Å². The van der Waals surface area contributed by atoms with Gasteiger partial charge >= 0.3 is 14.8 Å². The summed E-state index contributed by atoms with van der Waals surface area (Å²) in [5.41, 5.74) is 0. The summed E-state index contributed by atoms with van der Waals surface area (Å²) in [5.74, 6) is -2.85. The molecule has 1 atom stereocenters. The Labute approximate surface area is 129 Å². The van der Waals surface area contributed by atoms with Gasteiger partial charge in [-0.25, -0.2) is 4.79 Å². The Morgan fingerprint density at radius 1 is 1.00 bits per heavy atom. The van der Waals surface area contributed by atoms with Crippen LogP contribution in [0.2, 0.25) is 6.04 Å². The molecule has 0 bridgehead atoms. The summed E-state index contributed by atoms with van der Waals surface area (Å²) in [6, 6.07) is -0.0582. The van der Waals surface area contributed by atoms with Crippen LogP contribution in [0.1, 0.15) is 34.1 Å². The van der Waals surface area contributed by atoms with E-state index in [4.69, 9.17) is 18.0 Å². The van der Waals surface area contributed by atoms with Crippen LogP contribution < -0.4 is 0 Å². The summed E-state index contributed by atoms with van der Waals surface area (Å²) in [7, 11) is -3.87. The van der Waals surface area contributed by atoms with E-state index < -0.39 is 38.8 Å². The lowest BCUT2D eigenvalue weighted by atomic mass is 10.3. The molecular formula is C13H20O8Si. The summed E-state index contributed by atoms with van der Waals surface area (Å²) >= 11 is 0. The first-order valence-electron chi connectivity index (χ1n) is 6.52. The molecule has 0 aromatic heterocycles. The van der Waals surface area contributed by atoms with Gasteiger partial charge in [0.25, 0.3) is 17.9 Å². The maximum Gasteiger partial charge on any atom is 0.705 e. The van der Waals surface area contributed by atoms with Crippen LogP contribution in [0, 0.1) is 0 Å². The van der Waals surface area contributed by atoms with E-state index in [1.54, 1.807) is 6.92 Å². The number of carbonyl (C=O) groups is 4. The van der Waals surface area contributed by atoms with Crippen LogP contribution in [0.5, 0.6) is 0 Å². The third-order valence-corrected chi connectivity index (χ3v) is 4.94. The van der Waals surface area contributed by atoms with Crippen LogP contribution >= 0.6 is 0 Å². The number of hydrogen-bond acceptors (Lipinski definition) is 8. The fourth-order valence-corrected chi connectivity index (χ4v) is 4.06. The molecule has 0 fully saturated rings. The Balaban J connectivity index is 5.05. The van der Waals surface area contributed by atoms with Crippen molar-refractivity contribution in [3.8, 4) is 0 Å². The molecule has 22 heavy (non-hydrogen) atoms. The number of hydrogen-bond donors (Lipinski definition) is 0. The lowest BCUT2D eigenvalue weighted by Gasteiger charge is -2.27. The summed E-state index contributed by atoms with van der Waals surface area (Å²) in [5, 5.41) is 0. The molecule has 8 nitrogen and oxygen atoms in total. The highest BCUT2D eigenvalue weighted by Gasteiger charge is 2.51. The zero-order chi connectivity index (χ0) is 17.3. The third-order valence-electron chi connectivity index (χ3n) is 2.24. The van der Waals surface area contributed by atoms with Gasteiger partial charge in [0.1, 0.15) is 0 Å². The molecule has 0 radical (unpaired) electrons. The van der Waals surface area contributed by atoms with Crippen molar-refractivity contribution in [2.24, 2.45) is 0 Å². The predicted octanol–water partition coefficient (Wildman–Crippen LogP) is 1.12. The summed E-state index contributed by atoms with van der Waals surface area (Å²) in [6.07, 6.45) is 0.601. The number of ether oxygens (including phenoxy) is 1. The van der Waals surface area contributed by atoms with Crippen molar-refractivity contribution in [3.63, 3.8) is 0 Å². The van der Waals surface area contributed by atoms with Crippen molar-refractivity contribution in [2.45, 2.75) is 46.3 Å². The van der Waals surface area contributed by atoms with Gasteiger partial charge in [0, 0.05) is 26.8 Å². The van der Waals surface area contributed by atoms with Crippen LogP contribution in [0.3, 0.4) is 0 Å². The molecule has 0 rings (SSSR count). The summed E-state index contributed by atoms with van der Waals surface area (Å²) < 4.78 is 19.9. The Hall–Kier alpha value is -2.16. The highest BCUT2D eigenvalue weighted by atomic mass is 28.4. The Kier molecular flexibility index (Phi) is 8.10. The molecule has 0 aliphatic heterocycles. The van der Waals surface area contributed by atoms with Gasteiger partial charge < -0.3 is 18.0 Å². The molecule has 0 spiro atoms. The first-order chi connectivity index (χ1) is 10.1. The first-order valence-corrected chi connectivity index (χ1v) is 8.45. The number of esters is 1. The van der Waals surface area contributed by atoms with Crippen LogP contribution in [-0.4, -0.2) is 38.8 Å². The molecule has 0 aliphatic rings. The van der Waals surface area contributed by atoms with E-state index in [1.165, 1.54) is 0 Å². The molecule has 9 heteroatoms. The Bertz CT molecular complexity index is 418. The minimum absolute atomic E-state index is 0.0582. The van der Waals surface area contributed by atoms with Crippen molar-refractivity contribution >= 4 is 32.7 Å². The average molecular weight is 332 g/mol. The third kappa shape index (κ3) is 8.20. The van der Waals surface area contributed by atoms with Gasteiger partial charge in [0.2, 0.25) is 0 Å². The van der Waals surface area contributed by atoms with Gasteiger partial charge in [0.05, 0.1) is 12.1 Å². The van der Waals surface area contributed by atoms with Crippen molar-refractivity contribution in [2.75, 3.05) is 0 Å². The van der Waals surface area contributed by atoms with Gasteiger partial charge in [-0.1, -0.05) is 6.58 Å². The minimum atomic E-state index is -3.87. The predicted molar refractivity (Wildman–Crippen MR) is 76.2 cm³/mol. The van der Waals surface area contributed by atoms with Gasteiger partial charge in [-0.2, -0.15) is 0 Å². The number of carbonyl (C=O) groups excluding carboxylic acids is 4. The largest absolute Gasteiger partial charge is 0.705 e. The van der Waals surface area contributed by atoms with E-state index in [9.17, 15) is 19.2 Å². The molecular weight excluding hydrogens is 312 g/mol. The van der Waals surface area contributed by atoms with E-state index in [0.29, 0.717) is 0 Å². The first kappa shape index (κ1) is 19.8. The molecule has 0 heterocycles. The zero-order valence-corrected chi connectivity index (χ0v) is 14.0. The molecule has 1 unspecified atom stereocenters. The highest BCUT2D eigenvalue weighted by molar-refractivity contribution is 6.65. The fourth-order valence-electron chi connectivity index (χ4n) is 1.56. The molecule has 0 amide bonds. The second kappa shape index (κ2) is 8.98. The van der Waals surface area contributed by atoms with Gasteiger partial charge in [-0.05, 0) is 13.3 Å². The van der Waals surface area contributed by atoms with E-state index in [2.05, 4.69) is 6.58 Å². The Morgan fingerprint density at radius 3 is 1.73 bits per heavy atom. The topological polar surface area (TPSA) is 105 Å². The molecule has 0 aromatic rings. The monoisotopic (exact) mass is 332 g/mol. The van der Waals surface area contributed by atoms with Gasteiger partial charge in [-0.15, -0.1) is 0 Å². The summed E-state index contributed by atoms with van der Waals surface area (Å²) in [6.45, 7) is 8.18. The zero-order valence-electron chi connectivity index (χ0n) is 13.0. The van der Waals surface area contributed by atoms with E-state index in [-0.39, 0.29) is 12.5 Å². The second-order valence-corrected chi connectivity index (χ2v) is 6.93. The van der Waals surface area contributed by atoms with Gasteiger partial charge in [0.15, 0.2) is 0 Å². The molecule has 0 saturated heterocycles. The second-order valence-electron chi connectivity index (χ2n) is 4.45. The Morgan fingerprint density at radius 2 is 1.41 bits per heavy atom. The van der Waals surface area contributed by atoms with Crippen LogP contribution in [-0.2, 0) is 37.2 Å². The molecule has 0 saturated carbocycles. The van der Waals surface area contributed by atoms with Crippen molar-refractivity contribution in [3.05, 3.63) is 12.7 Å². The van der Waals surface area contributed by atoms with Crippen LogP contribution in [0.15, 0.2) is 12.7 Å². The molecule has 0 N–H and O–H groups in total. The minimum Gasteiger partial charge on any atom is -0.460 e. The average Bonchev–Trinajstić information content (AvgIpc) is 2.33. The molecule has 0 aliphatic carbocycles. The molecule has 0 aromatic carbocycles. The van der Waals surface area contributed by atoms with Crippen molar-refractivity contribution < 1.29 is 37.2 Å². The maximum atomic E-state index is 11.2. The van der Waals surface area contributed by atoms with Crippen molar-refractivity contribution in [1.29, 1.82) is 0 Å². The molecule has 124 valence electrons. The lowest BCUT2D eigenvalue weighted by molar-refractivity contribution is -0.149. The SMILES string of the molecule is C=CC(=O)OC(C)CC[Si](OC(C)=O)(OC(C)=O)OC(C)=O. The fraction of sp³-hybridized carbons (Fsp3) is 0.538. The standard InChI is InChI=1S/C13H20O8Si/c1-6-13(17)18-9(2)7-8-22(19-10(3)14,20-11(4)15)21-12(5)16/h6,9H,1,7-8H2,2-5H3. The highest BCUT2D eigenvalue weighted by Crippen LogP contribution is 2.21. The number of rotatable bonds is 8. The normalized spacial score (nSPS) is 11.8. The lowest BCUT2D eigenvalue weighted by Crippen LogP contribution is -2.49. The van der Waals surface area contributed by atoms with E-state index in [1.807, 2.05) is 0 Å². The summed E-state index contributed by atoms with van der Waals surface area (Å²) in [4.78, 5) is 44.8. The van der Waals surface area contributed by atoms with Gasteiger partial charge in [-0.3, -0.25) is 14.4 Å². The quantitative estimate of drug-likeness (QED) is 0.370.